The monoisotopic (exact) mass is 310 g/mol. The average molecular weight is 311 g/mol. The smallest absolute Gasteiger partial charge is 0.142 e. The Morgan fingerprint density at radius 2 is 2.25 bits per heavy atom. The summed E-state index contributed by atoms with van der Waals surface area (Å²) in [6.45, 7) is 2.06. The maximum absolute atomic E-state index is 5.93. The maximum atomic E-state index is 5.93. The van der Waals surface area contributed by atoms with E-state index in [4.69, 9.17) is 11.6 Å². The van der Waals surface area contributed by atoms with Crippen LogP contribution in [-0.2, 0) is 0 Å². The molecule has 0 amide bonds. The molecule has 2 aromatic rings. The fourth-order valence-electron chi connectivity index (χ4n) is 0.977. The Balaban J connectivity index is 2.97. The molecule has 0 N–H and O–H groups in total. The van der Waals surface area contributed by atoms with Crippen molar-refractivity contribution >= 4 is 55.7 Å². The lowest BCUT2D eigenvalue weighted by molar-refractivity contribution is 1.23. The lowest BCUT2D eigenvalue weighted by atomic mass is 10.4. The van der Waals surface area contributed by atoms with Crippen LogP contribution in [0.1, 0.15) is 4.88 Å². The number of hydrogen-bond donors (Lipinski definition) is 0. The highest BCUT2D eigenvalue weighted by Crippen LogP contribution is 2.33. The first-order chi connectivity index (χ1) is 5.70. The van der Waals surface area contributed by atoms with Crippen LogP contribution in [0.2, 0.25) is 5.15 Å². The molecule has 0 saturated heterocycles. The summed E-state index contributed by atoms with van der Waals surface area (Å²) in [5.74, 6) is 0. The van der Waals surface area contributed by atoms with Crippen molar-refractivity contribution in [1.82, 2.24) is 9.97 Å². The summed E-state index contributed by atoms with van der Waals surface area (Å²) < 4.78 is 1.16. The van der Waals surface area contributed by atoms with Crippen LogP contribution in [0.4, 0.5) is 0 Å². The van der Waals surface area contributed by atoms with Gasteiger partial charge in [-0.05, 0) is 29.5 Å². The highest BCUT2D eigenvalue weighted by Gasteiger charge is 2.10. The number of hydrogen-bond acceptors (Lipinski definition) is 3. The van der Waals surface area contributed by atoms with E-state index in [9.17, 15) is 0 Å². The molecule has 0 aliphatic rings. The minimum atomic E-state index is 0.550. The number of nitrogens with zero attached hydrogens (tertiary/aromatic N) is 2. The molecule has 0 radical (unpaired) electrons. The molecule has 0 aliphatic carbocycles. The molecule has 0 saturated carbocycles. The van der Waals surface area contributed by atoms with Gasteiger partial charge in [0.2, 0.25) is 0 Å². The Kier molecular flexibility index (Phi) is 2.22. The van der Waals surface area contributed by atoms with Crippen LogP contribution in [0.5, 0.6) is 0 Å². The van der Waals surface area contributed by atoms with Gasteiger partial charge in [-0.15, -0.1) is 11.3 Å². The number of rotatable bonds is 0. The standard InChI is InChI=1S/C7H4ClIN2S/c1-3-5(9)4-6(8)10-2-11-7(4)12-3/h2H,1H3. The zero-order chi connectivity index (χ0) is 8.72. The topological polar surface area (TPSA) is 25.8 Å². The van der Waals surface area contributed by atoms with E-state index >= 15 is 0 Å². The Hall–Kier alpha value is 0.0600. The molecule has 0 aromatic carbocycles. The van der Waals surface area contributed by atoms with Gasteiger partial charge < -0.3 is 0 Å². The summed E-state index contributed by atoms with van der Waals surface area (Å²) in [6, 6.07) is 0. The van der Waals surface area contributed by atoms with Crippen LogP contribution in [-0.4, -0.2) is 9.97 Å². The normalized spacial score (nSPS) is 10.9. The molecule has 2 aromatic heterocycles. The first kappa shape index (κ1) is 8.65. The predicted octanol–water partition coefficient (Wildman–Crippen LogP) is 3.26. The Labute approximate surface area is 92.1 Å². The largest absolute Gasteiger partial charge is 0.225 e. The molecular weight excluding hydrogens is 307 g/mol. The van der Waals surface area contributed by atoms with E-state index in [1.807, 2.05) is 0 Å². The highest BCUT2D eigenvalue weighted by molar-refractivity contribution is 14.1. The van der Waals surface area contributed by atoms with E-state index in [1.54, 1.807) is 11.3 Å². The van der Waals surface area contributed by atoms with Crippen molar-refractivity contribution in [2.75, 3.05) is 0 Å². The van der Waals surface area contributed by atoms with Crippen molar-refractivity contribution in [2.24, 2.45) is 0 Å². The minimum Gasteiger partial charge on any atom is -0.225 e. The lowest BCUT2D eigenvalue weighted by Crippen LogP contribution is -1.79. The number of fused-ring (bicyclic) bond motifs is 1. The summed E-state index contributed by atoms with van der Waals surface area (Å²) in [4.78, 5) is 10.3. The van der Waals surface area contributed by atoms with Crippen molar-refractivity contribution in [1.29, 1.82) is 0 Å². The molecule has 0 spiro atoms. The Bertz CT molecular complexity index is 440. The lowest BCUT2D eigenvalue weighted by Gasteiger charge is -1.91. The van der Waals surface area contributed by atoms with Gasteiger partial charge in [0, 0.05) is 8.45 Å². The van der Waals surface area contributed by atoms with Crippen LogP contribution in [0.3, 0.4) is 0 Å². The minimum absolute atomic E-state index is 0.550. The Morgan fingerprint density at radius 1 is 1.50 bits per heavy atom. The van der Waals surface area contributed by atoms with Crippen molar-refractivity contribution in [3.05, 3.63) is 19.9 Å². The summed E-state index contributed by atoms with van der Waals surface area (Å²) in [7, 11) is 0. The third-order valence-electron chi connectivity index (χ3n) is 1.54. The van der Waals surface area contributed by atoms with Gasteiger partial charge in [0.25, 0.3) is 0 Å². The molecular formula is C7H4ClIN2S. The molecule has 0 atom stereocenters. The second kappa shape index (κ2) is 3.08. The van der Waals surface area contributed by atoms with Crippen LogP contribution in [0.15, 0.2) is 6.33 Å². The van der Waals surface area contributed by atoms with Crippen LogP contribution < -0.4 is 0 Å². The van der Waals surface area contributed by atoms with E-state index < -0.39 is 0 Å². The van der Waals surface area contributed by atoms with Gasteiger partial charge in [-0.3, -0.25) is 0 Å². The molecule has 2 nitrogen and oxygen atoms in total. The van der Waals surface area contributed by atoms with Gasteiger partial charge in [-0.2, -0.15) is 0 Å². The Morgan fingerprint density at radius 3 is 2.92 bits per heavy atom. The second-order valence-electron chi connectivity index (χ2n) is 2.32. The second-order valence-corrected chi connectivity index (χ2v) is 4.96. The molecule has 0 bridgehead atoms. The average Bonchev–Trinajstić information content (AvgIpc) is 2.29. The van der Waals surface area contributed by atoms with Crippen LogP contribution in [0.25, 0.3) is 10.2 Å². The van der Waals surface area contributed by atoms with E-state index in [2.05, 4.69) is 39.5 Å². The fourth-order valence-corrected chi connectivity index (χ4v) is 3.33. The van der Waals surface area contributed by atoms with Crippen molar-refractivity contribution in [2.45, 2.75) is 6.92 Å². The first-order valence-corrected chi connectivity index (χ1v) is 5.52. The van der Waals surface area contributed by atoms with Crippen molar-refractivity contribution in [3.8, 4) is 0 Å². The molecule has 0 unspecified atom stereocenters. The molecule has 12 heavy (non-hydrogen) atoms. The van der Waals surface area contributed by atoms with E-state index in [1.165, 1.54) is 14.8 Å². The molecule has 62 valence electrons. The summed E-state index contributed by atoms with van der Waals surface area (Å²) in [5, 5.41) is 1.54. The predicted molar refractivity (Wildman–Crippen MR) is 59.9 cm³/mol. The zero-order valence-electron chi connectivity index (χ0n) is 6.14. The number of halogens is 2. The number of aromatic nitrogens is 2. The van der Waals surface area contributed by atoms with Gasteiger partial charge in [-0.1, -0.05) is 11.6 Å². The maximum Gasteiger partial charge on any atom is 0.142 e. The van der Waals surface area contributed by atoms with Crippen molar-refractivity contribution in [3.63, 3.8) is 0 Å². The number of thiophene rings is 1. The SMILES string of the molecule is Cc1sc2ncnc(Cl)c2c1I. The third-order valence-corrected chi connectivity index (χ3v) is 4.56. The van der Waals surface area contributed by atoms with Crippen molar-refractivity contribution < 1.29 is 0 Å². The van der Waals surface area contributed by atoms with Gasteiger partial charge in [0.05, 0.1) is 5.39 Å². The quantitative estimate of drug-likeness (QED) is 0.551. The van der Waals surface area contributed by atoms with E-state index in [-0.39, 0.29) is 0 Å². The van der Waals surface area contributed by atoms with Crippen LogP contribution in [0, 0.1) is 10.5 Å². The molecule has 0 aliphatic heterocycles. The van der Waals surface area contributed by atoms with Crippen LogP contribution >= 0.6 is 45.5 Å². The highest BCUT2D eigenvalue weighted by atomic mass is 127. The molecule has 5 heteroatoms. The first-order valence-electron chi connectivity index (χ1n) is 3.25. The molecule has 2 rings (SSSR count). The molecule has 0 fully saturated rings. The summed E-state index contributed by atoms with van der Waals surface area (Å²) >= 11 is 9.85. The third kappa shape index (κ3) is 1.22. The fraction of sp³-hybridized carbons (Fsp3) is 0.143. The van der Waals surface area contributed by atoms with Gasteiger partial charge >= 0.3 is 0 Å². The van der Waals surface area contributed by atoms with Gasteiger partial charge in [-0.25, -0.2) is 9.97 Å². The molecule has 2 heterocycles. The van der Waals surface area contributed by atoms with E-state index in [0.717, 1.165) is 10.2 Å². The van der Waals surface area contributed by atoms with Gasteiger partial charge in [0.1, 0.15) is 16.3 Å². The zero-order valence-corrected chi connectivity index (χ0v) is 9.87. The number of aryl methyl sites for hydroxylation is 1. The van der Waals surface area contributed by atoms with Gasteiger partial charge in [0.15, 0.2) is 0 Å². The van der Waals surface area contributed by atoms with E-state index in [0.29, 0.717) is 5.15 Å². The summed E-state index contributed by atoms with van der Waals surface area (Å²) in [5.41, 5.74) is 0. The summed E-state index contributed by atoms with van der Waals surface area (Å²) in [6.07, 6.45) is 1.50.